The molecule has 0 aliphatic rings. The molecule has 0 fully saturated rings. The molecule has 0 amide bonds. The SMILES string of the molecule is CNCc1cnc(N(C)c2ccc(OC)cc2)c(Cl)c1. The molecule has 4 nitrogen and oxygen atoms in total. The number of methoxy groups -OCH3 is 1. The average Bonchev–Trinajstić information content (AvgIpc) is 2.47. The molecule has 2 aromatic rings. The van der Waals surface area contributed by atoms with Crippen LogP contribution >= 0.6 is 11.6 Å². The zero-order valence-electron chi connectivity index (χ0n) is 11.9. The van der Waals surface area contributed by atoms with Crippen molar-refractivity contribution in [3.63, 3.8) is 0 Å². The highest BCUT2D eigenvalue weighted by atomic mass is 35.5. The third-order valence-corrected chi connectivity index (χ3v) is 3.31. The summed E-state index contributed by atoms with van der Waals surface area (Å²) in [5.74, 6) is 1.56. The highest BCUT2D eigenvalue weighted by molar-refractivity contribution is 6.33. The summed E-state index contributed by atoms with van der Waals surface area (Å²) in [5.41, 5.74) is 2.06. The summed E-state index contributed by atoms with van der Waals surface area (Å²) in [6.07, 6.45) is 1.83. The smallest absolute Gasteiger partial charge is 0.151 e. The van der Waals surface area contributed by atoms with Gasteiger partial charge in [-0.2, -0.15) is 0 Å². The van der Waals surface area contributed by atoms with Crippen LogP contribution in [-0.2, 0) is 6.54 Å². The van der Waals surface area contributed by atoms with Gasteiger partial charge >= 0.3 is 0 Å². The van der Waals surface area contributed by atoms with Gasteiger partial charge in [-0.3, -0.25) is 0 Å². The number of halogens is 1. The van der Waals surface area contributed by atoms with Crippen LogP contribution in [0.4, 0.5) is 11.5 Å². The molecule has 1 aromatic heterocycles. The van der Waals surface area contributed by atoms with Crippen molar-refractivity contribution in [3.8, 4) is 5.75 Å². The molecule has 1 heterocycles. The molecule has 1 N–H and O–H groups in total. The van der Waals surface area contributed by atoms with Crippen molar-refractivity contribution in [2.75, 3.05) is 26.1 Å². The number of hydrogen-bond donors (Lipinski definition) is 1. The first-order valence-electron chi connectivity index (χ1n) is 6.32. The van der Waals surface area contributed by atoms with Gasteiger partial charge in [-0.25, -0.2) is 4.98 Å². The lowest BCUT2D eigenvalue weighted by molar-refractivity contribution is 0.415. The van der Waals surface area contributed by atoms with E-state index in [-0.39, 0.29) is 0 Å². The van der Waals surface area contributed by atoms with Crippen LogP contribution < -0.4 is 15.0 Å². The molecule has 0 saturated heterocycles. The van der Waals surface area contributed by atoms with E-state index in [4.69, 9.17) is 16.3 Å². The van der Waals surface area contributed by atoms with Gasteiger partial charge in [0.05, 0.1) is 12.1 Å². The molecule has 0 aliphatic heterocycles. The Morgan fingerprint density at radius 1 is 1.30 bits per heavy atom. The van der Waals surface area contributed by atoms with E-state index >= 15 is 0 Å². The quantitative estimate of drug-likeness (QED) is 0.918. The van der Waals surface area contributed by atoms with Crippen LogP contribution in [0.15, 0.2) is 36.5 Å². The zero-order chi connectivity index (χ0) is 14.5. The minimum Gasteiger partial charge on any atom is -0.497 e. The highest BCUT2D eigenvalue weighted by Gasteiger charge is 2.10. The number of benzene rings is 1. The topological polar surface area (TPSA) is 37.4 Å². The van der Waals surface area contributed by atoms with Gasteiger partial charge in [0.2, 0.25) is 0 Å². The number of rotatable bonds is 5. The fraction of sp³-hybridized carbons (Fsp3) is 0.267. The fourth-order valence-corrected chi connectivity index (χ4v) is 2.26. The van der Waals surface area contributed by atoms with Gasteiger partial charge in [0.25, 0.3) is 0 Å². The van der Waals surface area contributed by atoms with Crippen LogP contribution in [0, 0.1) is 0 Å². The molecule has 0 spiro atoms. The Morgan fingerprint density at radius 3 is 2.55 bits per heavy atom. The molecule has 2 rings (SSSR count). The second-order valence-electron chi connectivity index (χ2n) is 4.44. The maximum Gasteiger partial charge on any atom is 0.151 e. The number of nitrogens with zero attached hydrogens (tertiary/aromatic N) is 2. The Morgan fingerprint density at radius 2 is 2.00 bits per heavy atom. The van der Waals surface area contributed by atoms with Crippen molar-refractivity contribution in [2.24, 2.45) is 0 Å². The first-order valence-corrected chi connectivity index (χ1v) is 6.70. The van der Waals surface area contributed by atoms with Crippen LogP contribution in [0.5, 0.6) is 5.75 Å². The maximum absolute atomic E-state index is 6.31. The molecule has 1 aromatic carbocycles. The minimum absolute atomic E-state index is 0.635. The molecule has 0 radical (unpaired) electrons. The van der Waals surface area contributed by atoms with Crippen LogP contribution in [0.1, 0.15) is 5.56 Å². The van der Waals surface area contributed by atoms with Gasteiger partial charge in [-0.15, -0.1) is 0 Å². The zero-order valence-corrected chi connectivity index (χ0v) is 12.6. The first kappa shape index (κ1) is 14.6. The lowest BCUT2D eigenvalue weighted by Crippen LogP contribution is -2.13. The normalized spacial score (nSPS) is 10.4. The van der Waals surface area contributed by atoms with Crippen molar-refractivity contribution in [1.82, 2.24) is 10.3 Å². The summed E-state index contributed by atoms with van der Waals surface area (Å²) in [7, 11) is 5.48. The molecule has 0 bridgehead atoms. The van der Waals surface area contributed by atoms with Crippen molar-refractivity contribution < 1.29 is 4.74 Å². The van der Waals surface area contributed by atoms with E-state index in [1.807, 2.05) is 55.5 Å². The van der Waals surface area contributed by atoms with Gasteiger partial charge in [-0.1, -0.05) is 11.6 Å². The molecular formula is C15H18ClN3O. The summed E-state index contributed by atoms with van der Waals surface area (Å²) in [5, 5.41) is 3.71. The molecule has 20 heavy (non-hydrogen) atoms. The molecular weight excluding hydrogens is 274 g/mol. The van der Waals surface area contributed by atoms with Gasteiger partial charge in [-0.05, 0) is 42.9 Å². The molecule has 106 valence electrons. The summed E-state index contributed by atoms with van der Waals surface area (Å²) < 4.78 is 5.15. The van der Waals surface area contributed by atoms with Gasteiger partial charge in [0.1, 0.15) is 5.75 Å². The van der Waals surface area contributed by atoms with Crippen molar-refractivity contribution >= 4 is 23.1 Å². The van der Waals surface area contributed by atoms with Gasteiger partial charge in [0.15, 0.2) is 5.82 Å². The lowest BCUT2D eigenvalue weighted by atomic mass is 10.2. The van der Waals surface area contributed by atoms with E-state index in [1.165, 1.54) is 0 Å². The molecule has 0 unspecified atom stereocenters. The number of hydrogen-bond acceptors (Lipinski definition) is 4. The monoisotopic (exact) mass is 291 g/mol. The predicted octanol–water partition coefficient (Wildman–Crippen LogP) is 3.23. The number of ether oxygens (including phenoxy) is 1. The van der Waals surface area contributed by atoms with Gasteiger partial charge in [0, 0.05) is 25.5 Å². The second-order valence-corrected chi connectivity index (χ2v) is 4.84. The number of pyridine rings is 1. The Bertz CT molecular complexity index is 572. The number of aromatic nitrogens is 1. The third-order valence-electron chi connectivity index (χ3n) is 3.04. The largest absolute Gasteiger partial charge is 0.497 e. The van der Waals surface area contributed by atoms with Crippen LogP contribution in [0.25, 0.3) is 0 Å². The maximum atomic E-state index is 6.31. The molecule has 5 heteroatoms. The Labute approximate surface area is 124 Å². The van der Waals surface area contributed by atoms with Crippen LogP contribution in [0.2, 0.25) is 5.02 Å². The average molecular weight is 292 g/mol. The number of anilines is 2. The lowest BCUT2D eigenvalue weighted by Gasteiger charge is -2.20. The first-order chi connectivity index (χ1) is 9.65. The van der Waals surface area contributed by atoms with E-state index in [0.717, 1.165) is 29.4 Å². The van der Waals surface area contributed by atoms with Crippen molar-refractivity contribution in [1.29, 1.82) is 0 Å². The summed E-state index contributed by atoms with van der Waals surface area (Å²) >= 11 is 6.31. The standard InChI is InChI=1S/C15H18ClN3O/c1-17-9-11-8-14(16)15(18-10-11)19(2)12-4-6-13(20-3)7-5-12/h4-8,10,17H,9H2,1-3H3. The summed E-state index contributed by atoms with van der Waals surface area (Å²) in [6.45, 7) is 0.749. The van der Waals surface area contributed by atoms with Gasteiger partial charge < -0.3 is 15.0 Å². The minimum atomic E-state index is 0.635. The highest BCUT2D eigenvalue weighted by Crippen LogP contribution is 2.29. The summed E-state index contributed by atoms with van der Waals surface area (Å²) in [4.78, 5) is 6.39. The molecule has 0 aliphatic carbocycles. The second kappa shape index (κ2) is 6.59. The van der Waals surface area contributed by atoms with E-state index in [1.54, 1.807) is 7.11 Å². The van der Waals surface area contributed by atoms with Crippen molar-refractivity contribution in [3.05, 3.63) is 47.1 Å². The van der Waals surface area contributed by atoms with E-state index in [0.29, 0.717) is 5.02 Å². The van der Waals surface area contributed by atoms with Crippen LogP contribution in [-0.4, -0.2) is 26.2 Å². The van der Waals surface area contributed by atoms with Crippen molar-refractivity contribution in [2.45, 2.75) is 6.54 Å². The molecule has 0 saturated carbocycles. The predicted molar refractivity (Wildman–Crippen MR) is 83.1 cm³/mol. The Hall–Kier alpha value is -1.78. The Balaban J connectivity index is 2.25. The number of nitrogens with one attached hydrogen (secondary N) is 1. The molecule has 0 atom stereocenters. The van der Waals surface area contributed by atoms with E-state index in [9.17, 15) is 0 Å². The van der Waals surface area contributed by atoms with E-state index < -0.39 is 0 Å². The van der Waals surface area contributed by atoms with Crippen LogP contribution in [0.3, 0.4) is 0 Å². The third kappa shape index (κ3) is 3.21. The summed E-state index contributed by atoms with van der Waals surface area (Å²) in [6, 6.07) is 9.70. The Kier molecular flexibility index (Phi) is 4.82. The van der Waals surface area contributed by atoms with E-state index in [2.05, 4.69) is 10.3 Å². The fourth-order valence-electron chi connectivity index (χ4n) is 1.95.